The summed E-state index contributed by atoms with van der Waals surface area (Å²) in [7, 11) is 0. The third-order valence-corrected chi connectivity index (χ3v) is 5.27. The average Bonchev–Trinajstić information content (AvgIpc) is 2.61. The highest BCUT2D eigenvalue weighted by atomic mass is 32.2. The van der Waals surface area contributed by atoms with E-state index in [2.05, 4.69) is 6.07 Å². The highest BCUT2D eigenvalue weighted by molar-refractivity contribution is 8.03. The van der Waals surface area contributed by atoms with Crippen LogP contribution < -0.4 is 0 Å². The van der Waals surface area contributed by atoms with Gasteiger partial charge in [-0.3, -0.25) is 0 Å². The van der Waals surface area contributed by atoms with Crippen molar-refractivity contribution >= 4 is 17.7 Å². The first-order valence-corrected chi connectivity index (χ1v) is 8.74. The molecule has 3 rings (SSSR count). The van der Waals surface area contributed by atoms with E-state index in [0.29, 0.717) is 17.7 Å². The number of carbonyl (C=O) groups is 1. The van der Waals surface area contributed by atoms with Gasteiger partial charge in [-0.2, -0.15) is 5.26 Å². The number of hydrogen-bond donors (Lipinski definition) is 1. The van der Waals surface area contributed by atoms with Crippen molar-refractivity contribution in [3.05, 3.63) is 70.4 Å². The molecule has 4 nitrogen and oxygen atoms in total. The molecular weight excluding hydrogens is 322 g/mol. The Labute approximate surface area is 145 Å². The quantitative estimate of drug-likeness (QED) is 0.839. The molecule has 0 fully saturated rings. The highest BCUT2D eigenvalue weighted by Crippen LogP contribution is 2.36. The minimum Gasteiger partial charge on any atom is -0.511 e. The Kier molecular flexibility index (Phi) is 5.07. The van der Waals surface area contributed by atoms with E-state index in [-0.39, 0.29) is 23.0 Å². The van der Waals surface area contributed by atoms with Gasteiger partial charge in [0.1, 0.15) is 16.8 Å². The van der Waals surface area contributed by atoms with E-state index < -0.39 is 12.1 Å². The fourth-order valence-electron chi connectivity index (χ4n) is 2.85. The predicted molar refractivity (Wildman–Crippen MR) is 92.8 cm³/mol. The van der Waals surface area contributed by atoms with E-state index in [1.165, 1.54) is 11.8 Å². The first kappa shape index (κ1) is 16.4. The van der Waals surface area contributed by atoms with E-state index in [9.17, 15) is 15.2 Å². The number of esters is 1. The Bertz CT molecular complexity index is 759. The number of aliphatic hydroxyl groups is 1. The zero-order valence-electron chi connectivity index (χ0n) is 13.0. The number of carbonyl (C=O) groups excluding carboxylic acids is 1. The Morgan fingerprint density at radius 3 is 2.83 bits per heavy atom. The zero-order chi connectivity index (χ0) is 16.9. The smallest absolute Gasteiger partial charge is 0.348 e. The summed E-state index contributed by atoms with van der Waals surface area (Å²) in [6.07, 6.45) is 5.91. The summed E-state index contributed by atoms with van der Waals surface area (Å²) in [5, 5.41) is 19.5. The van der Waals surface area contributed by atoms with Crippen LogP contribution in [0.15, 0.2) is 64.8 Å². The van der Waals surface area contributed by atoms with Gasteiger partial charge >= 0.3 is 5.97 Å². The van der Waals surface area contributed by atoms with Crippen molar-refractivity contribution in [2.75, 3.05) is 0 Å². The van der Waals surface area contributed by atoms with Crippen LogP contribution in [-0.4, -0.2) is 17.2 Å². The zero-order valence-corrected chi connectivity index (χ0v) is 13.8. The number of allylic oxidation sites excluding steroid dienone is 3. The Morgan fingerprint density at radius 2 is 2.12 bits per heavy atom. The molecule has 122 valence electrons. The SMILES string of the molecule is N#CC1=CC=CCC1C1CC(O)=C(SCc2ccccc2)C(=O)O1. The lowest BCUT2D eigenvalue weighted by molar-refractivity contribution is -0.147. The molecule has 1 N–H and O–H groups in total. The fourth-order valence-corrected chi connectivity index (χ4v) is 3.77. The number of cyclic esters (lactones) is 1. The monoisotopic (exact) mass is 339 g/mol. The number of rotatable bonds is 4. The number of nitriles is 1. The lowest BCUT2D eigenvalue weighted by atomic mass is 9.85. The van der Waals surface area contributed by atoms with Crippen molar-refractivity contribution in [2.45, 2.75) is 24.7 Å². The third-order valence-electron chi connectivity index (χ3n) is 4.11. The number of aliphatic hydroxyl groups excluding tert-OH is 1. The van der Waals surface area contributed by atoms with Crippen molar-refractivity contribution < 1.29 is 14.6 Å². The molecule has 2 atom stereocenters. The van der Waals surface area contributed by atoms with E-state index in [0.717, 1.165) is 5.56 Å². The number of hydrogen-bond acceptors (Lipinski definition) is 5. The summed E-state index contributed by atoms with van der Waals surface area (Å²) in [5.41, 5.74) is 1.66. The minimum absolute atomic E-state index is 0.0593. The number of ether oxygens (including phenoxy) is 1. The van der Waals surface area contributed by atoms with Crippen LogP contribution in [0, 0.1) is 17.2 Å². The second-order valence-electron chi connectivity index (χ2n) is 5.70. The van der Waals surface area contributed by atoms with Crippen LogP contribution >= 0.6 is 11.8 Å². The van der Waals surface area contributed by atoms with Crippen LogP contribution in [0.4, 0.5) is 0 Å². The molecule has 0 bridgehead atoms. The summed E-state index contributed by atoms with van der Waals surface area (Å²) in [6.45, 7) is 0. The molecule has 0 saturated heterocycles. The summed E-state index contributed by atoms with van der Waals surface area (Å²) in [4.78, 5) is 12.6. The van der Waals surface area contributed by atoms with E-state index in [4.69, 9.17) is 4.74 Å². The van der Waals surface area contributed by atoms with E-state index in [1.807, 2.05) is 42.5 Å². The average molecular weight is 339 g/mol. The van der Waals surface area contributed by atoms with Gasteiger partial charge in [-0.25, -0.2) is 4.79 Å². The maximum Gasteiger partial charge on any atom is 0.348 e. The Balaban J connectivity index is 1.70. The van der Waals surface area contributed by atoms with Gasteiger partial charge in [0.25, 0.3) is 0 Å². The molecule has 2 aliphatic rings. The van der Waals surface area contributed by atoms with Gasteiger partial charge in [0.2, 0.25) is 0 Å². The molecule has 5 heteroatoms. The van der Waals surface area contributed by atoms with Crippen LogP contribution in [0.1, 0.15) is 18.4 Å². The van der Waals surface area contributed by atoms with Crippen LogP contribution in [0.5, 0.6) is 0 Å². The first-order chi connectivity index (χ1) is 11.7. The molecule has 1 aliphatic heterocycles. The molecule has 0 amide bonds. The maximum absolute atomic E-state index is 12.3. The second-order valence-corrected chi connectivity index (χ2v) is 6.69. The third kappa shape index (κ3) is 3.55. The maximum atomic E-state index is 12.3. The molecule has 1 aromatic rings. The molecule has 1 aliphatic carbocycles. The predicted octanol–water partition coefficient (Wildman–Crippen LogP) is 4.03. The molecule has 1 heterocycles. The van der Waals surface area contributed by atoms with Crippen molar-refractivity contribution in [1.29, 1.82) is 5.26 Å². The molecule has 0 spiro atoms. The lowest BCUT2D eigenvalue weighted by Crippen LogP contribution is -2.33. The van der Waals surface area contributed by atoms with E-state index in [1.54, 1.807) is 6.08 Å². The van der Waals surface area contributed by atoms with Gasteiger partial charge in [-0.15, -0.1) is 11.8 Å². The molecular formula is C19H17NO3S. The highest BCUT2D eigenvalue weighted by Gasteiger charge is 2.36. The first-order valence-electron chi connectivity index (χ1n) is 7.75. The van der Waals surface area contributed by atoms with Crippen LogP contribution in [0.25, 0.3) is 0 Å². The van der Waals surface area contributed by atoms with Crippen LogP contribution in [0.2, 0.25) is 0 Å². The standard InChI is InChI=1S/C19H17NO3S/c20-11-14-8-4-5-9-15(14)17-10-16(21)18(19(22)23-17)24-12-13-6-2-1-3-7-13/h1-8,15,17,21H,9-10,12H2. The minimum atomic E-state index is -0.503. The van der Waals surface area contributed by atoms with Gasteiger partial charge in [0.05, 0.1) is 6.07 Å². The molecule has 0 radical (unpaired) electrons. The number of nitrogens with zero attached hydrogens (tertiary/aromatic N) is 1. The number of benzene rings is 1. The molecule has 24 heavy (non-hydrogen) atoms. The van der Waals surface area contributed by atoms with Crippen LogP contribution in [0.3, 0.4) is 0 Å². The molecule has 0 saturated carbocycles. The number of thioether (sulfide) groups is 1. The van der Waals surface area contributed by atoms with Gasteiger partial charge in [0.15, 0.2) is 0 Å². The Morgan fingerprint density at radius 1 is 1.33 bits per heavy atom. The van der Waals surface area contributed by atoms with Crippen LogP contribution in [-0.2, 0) is 15.3 Å². The normalized spacial score (nSPS) is 23.5. The lowest BCUT2D eigenvalue weighted by Gasteiger charge is -2.30. The van der Waals surface area contributed by atoms with Crippen molar-refractivity contribution in [2.24, 2.45) is 5.92 Å². The van der Waals surface area contributed by atoms with E-state index >= 15 is 0 Å². The summed E-state index contributed by atoms with van der Waals surface area (Å²) in [6, 6.07) is 11.9. The van der Waals surface area contributed by atoms with Gasteiger partial charge in [-0.1, -0.05) is 42.5 Å². The largest absolute Gasteiger partial charge is 0.511 e. The molecule has 1 aromatic carbocycles. The summed E-state index contributed by atoms with van der Waals surface area (Å²) >= 11 is 1.28. The molecule has 2 unspecified atom stereocenters. The summed E-state index contributed by atoms with van der Waals surface area (Å²) in [5.74, 6) is -0.0393. The topological polar surface area (TPSA) is 70.3 Å². The summed E-state index contributed by atoms with van der Waals surface area (Å²) < 4.78 is 5.53. The second kappa shape index (κ2) is 7.41. The molecule has 0 aromatic heterocycles. The van der Waals surface area contributed by atoms with Crippen molar-refractivity contribution in [1.82, 2.24) is 0 Å². The van der Waals surface area contributed by atoms with Gasteiger partial charge < -0.3 is 9.84 Å². The van der Waals surface area contributed by atoms with Gasteiger partial charge in [0, 0.05) is 23.7 Å². The Hall–Kier alpha value is -2.45. The van der Waals surface area contributed by atoms with Gasteiger partial charge in [-0.05, 0) is 18.1 Å². The van der Waals surface area contributed by atoms with Crippen molar-refractivity contribution in [3.8, 4) is 6.07 Å². The fraction of sp³-hybridized carbons (Fsp3) is 0.263. The van der Waals surface area contributed by atoms with Crippen molar-refractivity contribution in [3.63, 3.8) is 0 Å².